The third-order valence-electron chi connectivity index (χ3n) is 2.80. The number of rotatable bonds is 6. The maximum atomic E-state index is 11.6. The van der Waals surface area contributed by atoms with E-state index < -0.39 is 0 Å². The van der Waals surface area contributed by atoms with Crippen molar-refractivity contribution in [2.75, 3.05) is 11.9 Å². The van der Waals surface area contributed by atoms with E-state index in [1.807, 2.05) is 30.3 Å². The molecule has 2 rings (SSSR count). The molecule has 1 fully saturated rings. The Balaban J connectivity index is 1.81. The van der Waals surface area contributed by atoms with Crippen molar-refractivity contribution in [1.82, 2.24) is 5.32 Å². The van der Waals surface area contributed by atoms with Crippen LogP contribution in [-0.2, 0) is 4.79 Å². The number of para-hydroxylation sites is 1. The Kier molecular flexibility index (Phi) is 3.98. The van der Waals surface area contributed by atoms with Gasteiger partial charge in [0.2, 0.25) is 5.91 Å². The number of nitrogens with one attached hydrogen (secondary N) is 2. The molecule has 0 spiro atoms. The topological polar surface area (TPSA) is 67.2 Å². The van der Waals surface area contributed by atoms with Crippen LogP contribution in [0.2, 0.25) is 0 Å². The van der Waals surface area contributed by atoms with Crippen LogP contribution >= 0.6 is 0 Å². The zero-order valence-corrected chi connectivity index (χ0v) is 9.86. The highest BCUT2D eigenvalue weighted by Crippen LogP contribution is 2.19. The minimum absolute atomic E-state index is 0.00356. The van der Waals surface area contributed by atoms with Crippen molar-refractivity contribution in [2.24, 2.45) is 5.73 Å². The van der Waals surface area contributed by atoms with Gasteiger partial charge in [0, 0.05) is 30.7 Å². The summed E-state index contributed by atoms with van der Waals surface area (Å²) in [4.78, 5) is 11.6. The molecule has 4 nitrogen and oxygen atoms in total. The first-order valence-electron chi connectivity index (χ1n) is 6.09. The number of benzene rings is 1. The van der Waals surface area contributed by atoms with Gasteiger partial charge in [0.25, 0.3) is 0 Å². The smallest absolute Gasteiger partial charge is 0.222 e. The third kappa shape index (κ3) is 4.07. The zero-order chi connectivity index (χ0) is 12.1. The molecule has 1 aliphatic rings. The number of hydrogen-bond acceptors (Lipinski definition) is 3. The van der Waals surface area contributed by atoms with Crippen LogP contribution in [0.25, 0.3) is 0 Å². The summed E-state index contributed by atoms with van der Waals surface area (Å²) in [5.41, 5.74) is 6.67. The summed E-state index contributed by atoms with van der Waals surface area (Å²) in [6, 6.07) is 10.2. The summed E-state index contributed by atoms with van der Waals surface area (Å²) in [6.45, 7) is 0.451. The molecule has 0 radical (unpaired) electrons. The first kappa shape index (κ1) is 11.9. The summed E-state index contributed by atoms with van der Waals surface area (Å²) >= 11 is 0. The van der Waals surface area contributed by atoms with E-state index in [0.717, 1.165) is 18.5 Å². The summed E-state index contributed by atoms with van der Waals surface area (Å²) in [5, 5.41) is 6.24. The van der Waals surface area contributed by atoms with Crippen LogP contribution in [0.15, 0.2) is 30.3 Å². The molecular formula is C13H19N3O. The van der Waals surface area contributed by atoms with Gasteiger partial charge in [0.15, 0.2) is 0 Å². The Hall–Kier alpha value is -1.55. The fourth-order valence-electron chi connectivity index (χ4n) is 1.70. The minimum Gasteiger partial charge on any atom is -0.381 e. The number of carbonyl (C=O) groups is 1. The molecule has 0 bridgehead atoms. The van der Waals surface area contributed by atoms with Gasteiger partial charge in [-0.05, 0) is 25.0 Å². The van der Waals surface area contributed by atoms with E-state index in [9.17, 15) is 4.79 Å². The van der Waals surface area contributed by atoms with Crippen LogP contribution in [0.4, 0.5) is 5.69 Å². The lowest BCUT2D eigenvalue weighted by molar-refractivity contribution is -0.121. The Morgan fingerprint density at radius 2 is 2.06 bits per heavy atom. The molecule has 1 aliphatic carbocycles. The van der Waals surface area contributed by atoms with Crippen LogP contribution in [0.5, 0.6) is 0 Å². The molecule has 1 aromatic rings. The van der Waals surface area contributed by atoms with Gasteiger partial charge in [-0.25, -0.2) is 0 Å². The van der Waals surface area contributed by atoms with Crippen molar-refractivity contribution in [3.8, 4) is 0 Å². The fraction of sp³-hybridized carbons (Fsp3) is 0.462. The van der Waals surface area contributed by atoms with Crippen LogP contribution < -0.4 is 16.4 Å². The van der Waals surface area contributed by atoms with Crippen LogP contribution in [0.3, 0.4) is 0 Å². The highest BCUT2D eigenvalue weighted by atomic mass is 16.1. The molecule has 4 N–H and O–H groups in total. The zero-order valence-electron chi connectivity index (χ0n) is 9.86. The quantitative estimate of drug-likeness (QED) is 0.689. The Morgan fingerprint density at radius 1 is 1.35 bits per heavy atom. The van der Waals surface area contributed by atoms with Crippen molar-refractivity contribution < 1.29 is 4.79 Å². The molecule has 1 aromatic carbocycles. The highest BCUT2D eigenvalue weighted by molar-refractivity contribution is 5.77. The maximum Gasteiger partial charge on any atom is 0.222 e. The monoisotopic (exact) mass is 233 g/mol. The van der Waals surface area contributed by atoms with Crippen LogP contribution in [0.1, 0.15) is 19.3 Å². The third-order valence-corrected chi connectivity index (χ3v) is 2.80. The van der Waals surface area contributed by atoms with Gasteiger partial charge in [-0.1, -0.05) is 18.2 Å². The average Bonchev–Trinajstić information content (AvgIpc) is 3.13. The molecule has 1 atom stereocenters. The first-order chi connectivity index (χ1) is 8.28. The van der Waals surface area contributed by atoms with Crippen molar-refractivity contribution in [2.45, 2.75) is 31.3 Å². The molecular weight excluding hydrogens is 214 g/mol. The van der Waals surface area contributed by atoms with E-state index in [-0.39, 0.29) is 11.9 Å². The molecule has 1 unspecified atom stereocenters. The second-order valence-electron chi connectivity index (χ2n) is 4.49. The molecule has 0 aromatic heterocycles. The van der Waals surface area contributed by atoms with E-state index in [1.54, 1.807) is 0 Å². The molecule has 4 heteroatoms. The Bertz CT molecular complexity index is 362. The van der Waals surface area contributed by atoms with Crippen molar-refractivity contribution >= 4 is 11.6 Å². The van der Waals surface area contributed by atoms with Crippen molar-refractivity contribution in [3.63, 3.8) is 0 Å². The normalized spacial score (nSPS) is 16.3. The molecule has 0 aliphatic heterocycles. The van der Waals surface area contributed by atoms with Gasteiger partial charge in [-0.3, -0.25) is 4.79 Å². The number of carbonyl (C=O) groups excluding carboxylic acids is 1. The fourth-order valence-corrected chi connectivity index (χ4v) is 1.70. The molecule has 0 heterocycles. The summed E-state index contributed by atoms with van der Waals surface area (Å²) in [6.07, 6.45) is 2.66. The van der Waals surface area contributed by atoms with E-state index >= 15 is 0 Å². The number of amides is 1. The van der Waals surface area contributed by atoms with Gasteiger partial charge in [-0.15, -0.1) is 0 Å². The van der Waals surface area contributed by atoms with E-state index in [4.69, 9.17) is 5.73 Å². The maximum absolute atomic E-state index is 11.6. The summed E-state index contributed by atoms with van der Waals surface area (Å²) < 4.78 is 0. The first-order valence-corrected chi connectivity index (χ1v) is 6.09. The second kappa shape index (κ2) is 5.68. The second-order valence-corrected chi connectivity index (χ2v) is 4.49. The highest BCUT2D eigenvalue weighted by Gasteiger charge is 2.24. The molecule has 0 saturated heterocycles. The van der Waals surface area contributed by atoms with Crippen molar-refractivity contribution in [3.05, 3.63) is 30.3 Å². The minimum atomic E-state index is -0.00356. The summed E-state index contributed by atoms with van der Waals surface area (Å²) in [7, 11) is 0. The summed E-state index contributed by atoms with van der Waals surface area (Å²) in [5.74, 6) is 0.0892. The lowest BCUT2D eigenvalue weighted by atomic mass is 10.2. The Morgan fingerprint density at radius 3 is 2.65 bits per heavy atom. The lowest BCUT2D eigenvalue weighted by Gasteiger charge is -2.17. The lowest BCUT2D eigenvalue weighted by Crippen LogP contribution is -2.36. The Labute approximate surface area is 102 Å². The molecule has 17 heavy (non-hydrogen) atoms. The number of hydrogen-bond donors (Lipinski definition) is 3. The van der Waals surface area contributed by atoms with E-state index in [0.29, 0.717) is 19.0 Å². The largest absolute Gasteiger partial charge is 0.381 e. The predicted molar refractivity (Wildman–Crippen MR) is 68.7 cm³/mol. The number of nitrogens with two attached hydrogens (primary N) is 1. The standard InChI is InChI=1S/C13H19N3O/c14-9-12(8-13(17)16-11-6-7-11)15-10-4-2-1-3-5-10/h1-5,11-12,15H,6-9,14H2,(H,16,17). The van der Waals surface area contributed by atoms with Gasteiger partial charge >= 0.3 is 0 Å². The SMILES string of the molecule is NCC(CC(=O)NC1CC1)Nc1ccccc1. The van der Waals surface area contributed by atoms with Gasteiger partial charge in [0.1, 0.15) is 0 Å². The van der Waals surface area contributed by atoms with Crippen LogP contribution in [0, 0.1) is 0 Å². The van der Waals surface area contributed by atoms with Crippen LogP contribution in [-0.4, -0.2) is 24.5 Å². The molecule has 1 amide bonds. The number of anilines is 1. The molecule has 1 saturated carbocycles. The van der Waals surface area contributed by atoms with Gasteiger partial charge < -0.3 is 16.4 Å². The average molecular weight is 233 g/mol. The van der Waals surface area contributed by atoms with Gasteiger partial charge in [-0.2, -0.15) is 0 Å². The van der Waals surface area contributed by atoms with Gasteiger partial charge in [0.05, 0.1) is 0 Å². The van der Waals surface area contributed by atoms with E-state index in [2.05, 4.69) is 10.6 Å². The predicted octanol–water partition coefficient (Wildman–Crippen LogP) is 1.09. The molecule has 92 valence electrons. The van der Waals surface area contributed by atoms with E-state index in [1.165, 1.54) is 0 Å². The van der Waals surface area contributed by atoms with Crippen molar-refractivity contribution in [1.29, 1.82) is 0 Å².